The topological polar surface area (TPSA) is 335 Å². The second-order valence-corrected chi connectivity index (χ2v) is 23.3. The van der Waals surface area contributed by atoms with E-state index in [1.165, 1.54) is 33.2 Å². The number of unbranched alkanes of at least 4 members (excludes halogenated alkanes) is 2. The van der Waals surface area contributed by atoms with E-state index in [-0.39, 0.29) is 68.3 Å². The van der Waals surface area contributed by atoms with Crippen LogP contribution in [0, 0.1) is 23.7 Å². The number of nitrogens with zero attached hydrogens (tertiary/aromatic N) is 3. The van der Waals surface area contributed by atoms with Crippen molar-refractivity contribution in [1.29, 1.82) is 0 Å². The summed E-state index contributed by atoms with van der Waals surface area (Å²) < 4.78 is 12.1. The first-order valence-corrected chi connectivity index (χ1v) is 30.3. The van der Waals surface area contributed by atoms with E-state index in [1.54, 1.807) is 70.8 Å². The van der Waals surface area contributed by atoms with Gasteiger partial charge in [0.1, 0.15) is 24.2 Å². The van der Waals surface area contributed by atoms with Crippen molar-refractivity contribution in [3.05, 3.63) is 65.7 Å². The van der Waals surface area contributed by atoms with Crippen LogP contribution in [0.15, 0.2) is 54.6 Å². The molecule has 2 aromatic rings. The Morgan fingerprint density at radius 2 is 1.35 bits per heavy atom. The van der Waals surface area contributed by atoms with Gasteiger partial charge in [-0.1, -0.05) is 104 Å². The fraction of sp³-hybridized carbons (Fsp3) is 0.645. The predicted molar refractivity (Wildman–Crippen MR) is 328 cm³/mol. The van der Waals surface area contributed by atoms with E-state index in [0.717, 1.165) is 28.9 Å². The van der Waals surface area contributed by atoms with Crippen LogP contribution in [0.25, 0.3) is 0 Å². The minimum Gasteiger partial charge on any atom is -0.379 e. The van der Waals surface area contributed by atoms with E-state index >= 15 is 0 Å². The van der Waals surface area contributed by atoms with Gasteiger partial charge in [-0.25, -0.2) is 4.79 Å². The zero-order chi connectivity index (χ0) is 64.2. The maximum atomic E-state index is 14.5. The molecule has 0 spiro atoms. The monoisotopic (exact) mass is 1200 g/mol. The third kappa shape index (κ3) is 23.2. The molecule has 0 bridgehead atoms. The number of ether oxygens (including phenoxy) is 2. The highest BCUT2D eigenvalue weighted by atomic mass is 16.5. The van der Waals surface area contributed by atoms with Crippen molar-refractivity contribution < 1.29 is 57.4 Å². The maximum absolute atomic E-state index is 14.5. The zero-order valence-electron chi connectivity index (χ0n) is 52.8. The van der Waals surface area contributed by atoms with Crippen molar-refractivity contribution in [2.45, 2.75) is 174 Å². The number of carbonyl (C=O) groups excluding carboxylic acids is 10. The van der Waals surface area contributed by atoms with Gasteiger partial charge in [0.05, 0.1) is 36.6 Å². The van der Waals surface area contributed by atoms with Gasteiger partial charge in [-0.15, -0.1) is 0 Å². The highest BCUT2D eigenvalue weighted by Gasteiger charge is 2.44. The number of carbonyl (C=O) groups is 10. The molecule has 0 radical (unpaired) electrons. The summed E-state index contributed by atoms with van der Waals surface area (Å²) in [6.45, 7) is 14.1. The van der Waals surface area contributed by atoms with Crippen LogP contribution in [0.2, 0.25) is 0 Å². The first-order valence-electron chi connectivity index (χ1n) is 30.3. The number of nitrogens with two attached hydrogens (primary N) is 2. The van der Waals surface area contributed by atoms with Gasteiger partial charge in [0.15, 0.2) is 0 Å². The van der Waals surface area contributed by atoms with E-state index in [4.69, 9.17) is 20.9 Å². The molecule has 0 aromatic heterocycles. The number of nitrogens with one attached hydrogen (secondary N) is 7. The Hall–Kier alpha value is -7.18. The normalized spacial score (nSPS) is 16.2. The Morgan fingerprint density at radius 3 is 1.93 bits per heavy atom. The molecule has 86 heavy (non-hydrogen) atoms. The molecular formula is C62H100N12O12. The summed E-state index contributed by atoms with van der Waals surface area (Å²) in [4.78, 5) is 138. The molecule has 1 heterocycles. The van der Waals surface area contributed by atoms with E-state index in [9.17, 15) is 47.9 Å². The van der Waals surface area contributed by atoms with Crippen molar-refractivity contribution in [2.75, 3.05) is 66.9 Å². The second kappa shape index (κ2) is 37.4. The second-order valence-electron chi connectivity index (χ2n) is 23.3. The van der Waals surface area contributed by atoms with Crippen LogP contribution in [-0.4, -0.2) is 184 Å². The number of hydrogen-bond donors (Lipinski definition) is 9. The molecule has 24 nitrogen and oxygen atoms in total. The Kier molecular flexibility index (Phi) is 31.8. The van der Waals surface area contributed by atoms with Crippen LogP contribution in [0.3, 0.4) is 0 Å². The van der Waals surface area contributed by atoms with E-state index in [2.05, 4.69) is 37.2 Å². The summed E-state index contributed by atoms with van der Waals surface area (Å²) in [7, 11) is 7.49. The highest BCUT2D eigenvalue weighted by Crippen LogP contribution is 2.30. The van der Waals surface area contributed by atoms with Crippen molar-refractivity contribution in [3.63, 3.8) is 0 Å². The lowest BCUT2D eigenvalue weighted by Gasteiger charge is -2.40. The van der Waals surface area contributed by atoms with Crippen LogP contribution in [0.1, 0.15) is 124 Å². The molecule has 7 unspecified atom stereocenters. The van der Waals surface area contributed by atoms with Gasteiger partial charge in [-0.2, -0.15) is 0 Å². The molecule has 0 saturated carbocycles. The number of benzene rings is 2. The van der Waals surface area contributed by atoms with Gasteiger partial charge in [0, 0.05) is 73.5 Å². The molecule has 1 fully saturated rings. The molecule has 1 aliphatic rings. The number of methoxy groups -OCH3 is 2. The average Bonchev–Trinajstić information content (AvgIpc) is 3.27. The summed E-state index contributed by atoms with van der Waals surface area (Å²) in [5.74, 6) is -6.19. The Balaban J connectivity index is 1.73. The molecular weight excluding hydrogens is 1100 g/mol. The molecule has 11 amide bonds. The number of rotatable bonds is 36. The Morgan fingerprint density at radius 1 is 0.698 bits per heavy atom. The quantitative estimate of drug-likeness (QED) is 0.0351. The molecule has 24 heteroatoms. The molecule has 10 atom stereocenters. The zero-order valence-corrected chi connectivity index (χ0v) is 52.8. The lowest BCUT2D eigenvalue weighted by atomic mass is 9.89. The fourth-order valence-electron chi connectivity index (χ4n) is 10.7. The highest BCUT2D eigenvalue weighted by molar-refractivity contribution is 6.35. The number of amides is 11. The molecule has 480 valence electrons. The standard InChI is InChI=1S/C62H100N12O12/c1-13-40(6)53(73(10)60(82)52(39(4)5)71-59(81)61(83)72(8)9)48(85-11)37-50(76)74-35-21-25-47(74)54(86-12)41(7)55(77)69-46(36-43-22-16-14-17-23-43)56(78)65-34-31-42-27-29-44(30-28-42)67-57(79)45(24-20-33-66-62(64)84)68-58(80)51(38(2)3)70-49(75)26-18-15-19-32-63/h14,16-17,22-23,27-30,38-41,45-48,51-54H,13,15,18-21,24-26,31-37,63H2,1-12H3,(H,65,78)(H,67,79)(H,68,80)(H,69,77)(H,70,75)(H,71,81)(H3,64,66,84)/t40?,41?,45?,46-,47?,48?,51+,52-,53?,54?/m0/s1. The van der Waals surface area contributed by atoms with Crippen molar-refractivity contribution in [3.8, 4) is 0 Å². The number of likely N-dealkylation sites (N-methyl/N-ethyl adjacent to an activating group) is 2. The van der Waals surface area contributed by atoms with Gasteiger partial charge in [0.25, 0.3) is 0 Å². The number of urea groups is 1. The molecule has 11 N–H and O–H groups in total. The van der Waals surface area contributed by atoms with Crippen molar-refractivity contribution >= 4 is 64.9 Å². The minimum atomic E-state index is -1.03. The lowest BCUT2D eigenvalue weighted by Crippen LogP contribution is -2.59. The number of likely N-dealkylation sites (tertiary alicyclic amines) is 1. The number of hydrogen-bond acceptors (Lipinski definition) is 13. The van der Waals surface area contributed by atoms with Gasteiger partial charge < -0.3 is 72.9 Å². The molecule has 2 aromatic carbocycles. The molecule has 0 aliphatic carbocycles. The fourth-order valence-corrected chi connectivity index (χ4v) is 10.7. The van der Waals surface area contributed by atoms with Crippen LogP contribution >= 0.6 is 0 Å². The summed E-state index contributed by atoms with van der Waals surface area (Å²) in [5, 5.41) is 19.5. The summed E-state index contributed by atoms with van der Waals surface area (Å²) in [5.41, 5.74) is 12.9. The maximum Gasteiger partial charge on any atom is 0.312 e. The van der Waals surface area contributed by atoms with Crippen molar-refractivity contribution in [1.82, 2.24) is 46.6 Å². The Labute approximate surface area is 508 Å². The minimum absolute atomic E-state index is 0.101. The summed E-state index contributed by atoms with van der Waals surface area (Å²) in [6, 6.07) is 10.5. The van der Waals surface area contributed by atoms with Crippen LogP contribution in [0.4, 0.5) is 10.5 Å². The van der Waals surface area contributed by atoms with Gasteiger partial charge >= 0.3 is 17.8 Å². The molecule has 3 rings (SSSR count). The van der Waals surface area contributed by atoms with Gasteiger partial charge in [0.2, 0.25) is 41.4 Å². The SMILES string of the molecule is CCC(C)C(C(CC(=O)N1CCCC1C(OC)C(C)C(=O)N[C@@H](Cc1ccccc1)C(=O)NCCc1ccc(NC(=O)C(CCCNC(N)=O)NC(=O)[C@H](NC(=O)CCCCCN)C(C)C)cc1)OC)N(C)C(=O)[C@@H](NC(=O)C(=O)N(C)C)C(C)C. The summed E-state index contributed by atoms with van der Waals surface area (Å²) in [6.07, 6.45) is 3.67. The number of primary amides is 1. The van der Waals surface area contributed by atoms with Crippen LogP contribution in [0.5, 0.6) is 0 Å². The lowest BCUT2D eigenvalue weighted by molar-refractivity contribution is -0.149. The largest absolute Gasteiger partial charge is 0.379 e. The first-order chi connectivity index (χ1) is 40.8. The molecule has 1 aliphatic heterocycles. The van der Waals surface area contributed by atoms with Gasteiger partial charge in [-0.3, -0.25) is 43.2 Å². The van der Waals surface area contributed by atoms with E-state index in [1.807, 2.05) is 44.2 Å². The molecule has 1 saturated heterocycles. The van der Waals surface area contributed by atoms with E-state index in [0.29, 0.717) is 57.3 Å². The number of anilines is 1. The van der Waals surface area contributed by atoms with E-state index < -0.39 is 102 Å². The Bertz CT molecular complexity index is 2520. The third-order valence-electron chi connectivity index (χ3n) is 15.9. The smallest absolute Gasteiger partial charge is 0.312 e. The third-order valence-corrected chi connectivity index (χ3v) is 15.9. The summed E-state index contributed by atoms with van der Waals surface area (Å²) >= 11 is 0. The van der Waals surface area contributed by atoms with Crippen molar-refractivity contribution in [2.24, 2.45) is 35.1 Å². The van der Waals surface area contributed by atoms with Crippen LogP contribution in [-0.2, 0) is 65.5 Å². The average molecular weight is 1210 g/mol. The first kappa shape index (κ1) is 73.1. The predicted octanol–water partition coefficient (Wildman–Crippen LogP) is 2.75. The van der Waals surface area contributed by atoms with Gasteiger partial charge in [-0.05, 0) is 92.5 Å². The van der Waals surface area contributed by atoms with Crippen LogP contribution < -0.4 is 48.7 Å².